The maximum Gasteiger partial charge on any atom is 0.287 e. The van der Waals surface area contributed by atoms with E-state index in [9.17, 15) is 9.59 Å². The summed E-state index contributed by atoms with van der Waals surface area (Å²) in [5.41, 5.74) is 5.12. The molecule has 0 unspecified atom stereocenters. The molecule has 0 fully saturated rings. The molecule has 1 heterocycles. The summed E-state index contributed by atoms with van der Waals surface area (Å²) in [6.45, 7) is 11.3. The smallest absolute Gasteiger partial charge is 0.287 e. The molecule has 1 aromatic heterocycles. The highest BCUT2D eigenvalue weighted by molar-refractivity contribution is 6.09. The van der Waals surface area contributed by atoms with Crippen molar-refractivity contribution in [2.24, 2.45) is 0 Å². The number of amides is 1. The lowest BCUT2D eigenvalue weighted by molar-refractivity contribution is 0.0917. The van der Waals surface area contributed by atoms with Gasteiger partial charge in [0, 0.05) is 12.1 Å². The number of carbonyl (C=O) groups excluding carboxylic acids is 2. The molecular formula is C29H33NO4. The number of nitrogens with one attached hydrogen (secondary N) is 1. The zero-order chi connectivity index (χ0) is 24.7. The molecule has 4 rings (SSSR count). The number of carbonyl (C=O) groups is 2. The molecule has 3 aromatic rings. The van der Waals surface area contributed by atoms with Crippen LogP contribution in [0.15, 0.2) is 52.9 Å². The number of ketones is 1. The fourth-order valence-corrected chi connectivity index (χ4v) is 4.69. The SMILES string of the molecule is COc1ccc(CNC(=O)c2ccc(C(=O)c3cc4c(cc3C)C(C)(C)CCC4(C)C)o2)cc1. The lowest BCUT2D eigenvalue weighted by Crippen LogP contribution is -2.34. The highest BCUT2D eigenvalue weighted by Gasteiger charge is 2.38. The Hall–Kier alpha value is -3.34. The maximum atomic E-state index is 13.4. The van der Waals surface area contributed by atoms with Gasteiger partial charge < -0.3 is 14.5 Å². The van der Waals surface area contributed by atoms with Crippen LogP contribution in [0.2, 0.25) is 0 Å². The van der Waals surface area contributed by atoms with Crippen LogP contribution in [0.1, 0.15) is 89.5 Å². The van der Waals surface area contributed by atoms with Crippen LogP contribution in [0.25, 0.3) is 0 Å². The average Bonchev–Trinajstić information content (AvgIpc) is 3.31. The lowest BCUT2D eigenvalue weighted by atomic mass is 9.62. The van der Waals surface area contributed by atoms with Crippen LogP contribution in [-0.2, 0) is 17.4 Å². The first-order chi connectivity index (χ1) is 16.0. The minimum absolute atomic E-state index is 0.00322. The number of ether oxygens (including phenoxy) is 1. The van der Waals surface area contributed by atoms with E-state index >= 15 is 0 Å². The van der Waals surface area contributed by atoms with Crippen LogP contribution in [0.3, 0.4) is 0 Å². The second-order valence-corrected chi connectivity index (χ2v) is 10.5. The molecule has 5 nitrogen and oxygen atoms in total. The number of methoxy groups -OCH3 is 1. The van der Waals surface area contributed by atoms with Crippen molar-refractivity contribution in [2.75, 3.05) is 7.11 Å². The molecule has 1 aliphatic rings. The summed E-state index contributed by atoms with van der Waals surface area (Å²) >= 11 is 0. The van der Waals surface area contributed by atoms with Gasteiger partial charge in [-0.1, -0.05) is 45.9 Å². The predicted octanol–water partition coefficient (Wildman–Crippen LogP) is 6.11. The van der Waals surface area contributed by atoms with E-state index in [0.29, 0.717) is 12.1 Å². The summed E-state index contributed by atoms with van der Waals surface area (Å²) in [6, 6.07) is 14.8. The number of furan rings is 1. The fraction of sp³-hybridized carbons (Fsp3) is 0.379. The lowest BCUT2D eigenvalue weighted by Gasteiger charge is -2.42. The first-order valence-corrected chi connectivity index (χ1v) is 11.7. The van der Waals surface area contributed by atoms with E-state index in [-0.39, 0.29) is 34.0 Å². The molecule has 0 bridgehead atoms. The Morgan fingerprint density at radius 2 is 1.50 bits per heavy atom. The summed E-state index contributed by atoms with van der Waals surface area (Å²) in [5, 5.41) is 2.83. The van der Waals surface area contributed by atoms with Crippen molar-refractivity contribution in [3.63, 3.8) is 0 Å². The summed E-state index contributed by atoms with van der Waals surface area (Å²) in [7, 11) is 1.61. The largest absolute Gasteiger partial charge is 0.497 e. The van der Waals surface area contributed by atoms with Gasteiger partial charge in [0.25, 0.3) is 5.91 Å². The summed E-state index contributed by atoms with van der Waals surface area (Å²) in [6.07, 6.45) is 2.19. The van der Waals surface area contributed by atoms with Crippen LogP contribution < -0.4 is 10.1 Å². The molecule has 0 saturated heterocycles. The van der Waals surface area contributed by atoms with Gasteiger partial charge in [-0.2, -0.15) is 0 Å². The van der Waals surface area contributed by atoms with E-state index in [1.54, 1.807) is 19.2 Å². The van der Waals surface area contributed by atoms with E-state index in [0.717, 1.165) is 29.7 Å². The van der Waals surface area contributed by atoms with Gasteiger partial charge in [-0.15, -0.1) is 0 Å². The van der Waals surface area contributed by atoms with E-state index in [2.05, 4.69) is 39.1 Å². The number of rotatable bonds is 6. The second kappa shape index (κ2) is 8.79. The Bertz CT molecular complexity index is 1230. The van der Waals surface area contributed by atoms with E-state index in [1.165, 1.54) is 11.1 Å². The standard InChI is InChI=1S/C29H33NO4/c1-18-15-22-23(29(4,5)14-13-28(22,2)3)16-21(18)26(31)24-11-12-25(34-24)27(32)30-17-19-7-9-20(33-6)10-8-19/h7-12,15-16H,13-14,17H2,1-6H3,(H,30,32). The van der Waals surface area contributed by atoms with Crippen LogP contribution in [0.4, 0.5) is 0 Å². The molecular weight excluding hydrogens is 426 g/mol. The van der Waals surface area contributed by atoms with Gasteiger partial charge in [0.1, 0.15) is 5.75 Å². The number of fused-ring (bicyclic) bond motifs is 1. The molecule has 178 valence electrons. The first kappa shape index (κ1) is 23.8. The van der Waals surface area contributed by atoms with E-state index in [1.807, 2.05) is 37.3 Å². The Labute approximate surface area is 201 Å². The van der Waals surface area contributed by atoms with Gasteiger partial charge in [0.05, 0.1) is 7.11 Å². The van der Waals surface area contributed by atoms with E-state index in [4.69, 9.17) is 9.15 Å². The third-order valence-corrected chi connectivity index (χ3v) is 7.11. The summed E-state index contributed by atoms with van der Waals surface area (Å²) in [4.78, 5) is 26.0. The number of aryl methyl sites for hydroxylation is 1. The zero-order valence-electron chi connectivity index (χ0n) is 20.9. The molecule has 0 aliphatic heterocycles. The monoisotopic (exact) mass is 459 g/mol. The molecule has 34 heavy (non-hydrogen) atoms. The summed E-state index contributed by atoms with van der Waals surface area (Å²) in [5.74, 6) is 0.488. The fourth-order valence-electron chi connectivity index (χ4n) is 4.69. The van der Waals surface area contributed by atoms with Crippen LogP contribution in [0, 0.1) is 6.92 Å². The van der Waals surface area contributed by atoms with Gasteiger partial charge in [-0.05, 0) is 83.2 Å². The summed E-state index contributed by atoms with van der Waals surface area (Å²) < 4.78 is 10.8. The zero-order valence-corrected chi connectivity index (χ0v) is 20.9. The Morgan fingerprint density at radius 3 is 2.12 bits per heavy atom. The molecule has 1 aliphatic carbocycles. The molecule has 0 spiro atoms. The third kappa shape index (κ3) is 4.52. The van der Waals surface area contributed by atoms with Crippen LogP contribution in [0.5, 0.6) is 5.75 Å². The Balaban J connectivity index is 1.53. The topological polar surface area (TPSA) is 68.5 Å². The molecule has 0 atom stereocenters. The van der Waals surface area contributed by atoms with Gasteiger partial charge in [0.2, 0.25) is 5.78 Å². The minimum Gasteiger partial charge on any atom is -0.497 e. The van der Waals surface area contributed by atoms with Crippen molar-refractivity contribution in [3.8, 4) is 5.75 Å². The Morgan fingerprint density at radius 1 is 0.912 bits per heavy atom. The van der Waals surface area contributed by atoms with Crippen molar-refractivity contribution in [2.45, 2.75) is 64.8 Å². The van der Waals surface area contributed by atoms with Gasteiger partial charge in [-0.3, -0.25) is 9.59 Å². The average molecular weight is 460 g/mol. The first-order valence-electron chi connectivity index (χ1n) is 11.7. The molecule has 1 amide bonds. The van der Waals surface area contributed by atoms with Crippen LogP contribution in [-0.4, -0.2) is 18.8 Å². The van der Waals surface area contributed by atoms with Gasteiger partial charge in [-0.25, -0.2) is 0 Å². The molecule has 5 heteroatoms. The van der Waals surface area contributed by atoms with Crippen molar-refractivity contribution < 1.29 is 18.7 Å². The van der Waals surface area contributed by atoms with Crippen molar-refractivity contribution >= 4 is 11.7 Å². The predicted molar refractivity (Wildman–Crippen MR) is 133 cm³/mol. The minimum atomic E-state index is -0.361. The highest BCUT2D eigenvalue weighted by Crippen LogP contribution is 2.46. The highest BCUT2D eigenvalue weighted by atomic mass is 16.5. The maximum absolute atomic E-state index is 13.4. The molecule has 1 N–H and O–H groups in total. The molecule has 0 saturated carbocycles. The van der Waals surface area contributed by atoms with Gasteiger partial charge in [0.15, 0.2) is 11.5 Å². The normalized spacial score (nSPS) is 15.9. The van der Waals surface area contributed by atoms with Gasteiger partial charge >= 0.3 is 0 Å². The third-order valence-electron chi connectivity index (χ3n) is 7.11. The quantitative estimate of drug-likeness (QED) is 0.452. The molecule has 0 radical (unpaired) electrons. The van der Waals surface area contributed by atoms with Crippen molar-refractivity contribution in [3.05, 3.63) is 87.9 Å². The molecule has 2 aromatic carbocycles. The van der Waals surface area contributed by atoms with Crippen LogP contribution >= 0.6 is 0 Å². The van der Waals surface area contributed by atoms with Crippen molar-refractivity contribution in [1.29, 1.82) is 0 Å². The van der Waals surface area contributed by atoms with Crippen molar-refractivity contribution in [1.82, 2.24) is 5.32 Å². The number of hydrogen-bond acceptors (Lipinski definition) is 4. The number of benzene rings is 2. The Kier molecular flexibility index (Phi) is 6.15. The van der Waals surface area contributed by atoms with E-state index < -0.39 is 0 Å². The second-order valence-electron chi connectivity index (χ2n) is 10.5. The number of hydrogen-bond donors (Lipinski definition) is 1.